The SMILES string of the molecule is CCOP1(=O)Oc2ccc3ccccc3c2-c2ccccc21. The molecule has 110 valence electrons. The lowest BCUT2D eigenvalue weighted by Gasteiger charge is -2.28. The van der Waals surface area contributed by atoms with Crippen LogP contribution in [0.4, 0.5) is 0 Å². The van der Waals surface area contributed by atoms with Crippen LogP contribution in [0.1, 0.15) is 6.92 Å². The van der Waals surface area contributed by atoms with Gasteiger partial charge in [-0.15, -0.1) is 0 Å². The zero-order chi connectivity index (χ0) is 15.2. The summed E-state index contributed by atoms with van der Waals surface area (Å²) in [6, 6.07) is 19.6. The molecule has 0 fully saturated rings. The summed E-state index contributed by atoms with van der Waals surface area (Å²) in [5, 5.41) is 2.86. The highest BCUT2D eigenvalue weighted by atomic mass is 31.2. The van der Waals surface area contributed by atoms with E-state index in [0.29, 0.717) is 17.7 Å². The van der Waals surface area contributed by atoms with Crippen molar-refractivity contribution in [3.63, 3.8) is 0 Å². The van der Waals surface area contributed by atoms with Gasteiger partial charge in [-0.25, -0.2) is 4.57 Å². The monoisotopic (exact) mass is 310 g/mol. The molecule has 1 unspecified atom stereocenters. The normalized spacial score (nSPS) is 19.3. The highest BCUT2D eigenvalue weighted by Crippen LogP contribution is 2.56. The maximum Gasteiger partial charge on any atom is 0.411 e. The lowest BCUT2D eigenvalue weighted by molar-refractivity contribution is 0.288. The first-order valence-corrected chi connectivity index (χ1v) is 8.83. The molecule has 0 bridgehead atoms. The smallest absolute Gasteiger partial charge is 0.411 e. The molecule has 4 heteroatoms. The number of benzene rings is 3. The van der Waals surface area contributed by atoms with Gasteiger partial charge in [-0.3, -0.25) is 4.52 Å². The zero-order valence-electron chi connectivity index (χ0n) is 12.2. The molecule has 1 aliphatic rings. The van der Waals surface area contributed by atoms with Crippen molar-refractivity contribution in [1.82, 2.24) is 0 Å². The van der Waals surface area contributed by atoms with Crippen molar-refractivity contribution < 1.29 is 13.6 Å². The van der Waals surface area contributed by atoms with Gasteiger partial charge in [-0.2, -0.15) is 0 Å². The summed E-state index contributed by atoms with van der Waals surface area (Å²) in [7, 11) is -3.31. The molecule has 0 aromatic heterocycles. The van der Waals surface area contributed by atoms with Crippen molar-refractivity contribution in [3.05, 3.63) is 60.7 Å². The average molecular weight is 310 g/mol. The second-order valence-electron chi connectivity index (χ2n) is 5.18. The van der Waals surface area contributed by atoms with Gasteiger partial charge in [-0.1, -0.05) is 48.5 Å². The van der Waals surface area contributed by atoms with Crippen LogP contribution in [-0.2, 0) is 9.09 Å². The molecular weight excluding hydrogens is 295 g/mol. The van der Waals surface area contributed by atoms with E-state index in [1.165, 1.54) is 0 Å². The molecular formula is C18H15O3P. The third kappa shape index (κ3) is 1.90. The summed E-state index contributed by atoms with van der Waals surface area (Å²) in [5.74, 6) is 0.620. The Kier molecular flexibility index (Phi) is 3.07. The highest BCUT2D eigenvalue weighted by Gasteiger charge is 2.37. The van der Waals surface area contributed by atoms with E-state index in [1.54, 1.807) is 0 Å². The van der Waals surface area contributed by atoms with Crippen LogP contribution >= 0.6 is 7.60 Å². The molecule has 0 aliphatic carbocycles. The van der Waals surface area contributed by atoms with Crippen molar-refractivity contribution in [2.45, 2.75) is 6.92 Å². The highest BCUT2D eigenvalue weighted by molar-refractivity contribution is 7.63. The van der Waals surface area contributed by atoms with E-state index < -0.39 is 7.60 Å². The number of hydrogen-bond acceptors (Lipinski definition) is 3. The Balaban J connectivity index is 2.08. The van der Waals surface area contributed by atoms with Crippen LogP contribution in [0.5, 0.6) is 5.75 Å². The number of rotatable bonds is 2. The van der Waals surface area contributed by atoms with Gasteiger partial charge in [0.15, 0.2) is 0 Å². The molecule has 0 N–H and O–H groups in total. The van der Waals surface area contributed by atoms with E-state index in [2.05, 4.69) is 12.1 Å². The molecule has 0 spiro atoms. The molecule has 3 nitrogen and oxygen atoms in total. The second-order valence-corrected chi connectivity index (χ2v) is 7.10. The topological polar surface area (TPSA) is 35.5 Å². The molecule has 0 radical (unpaired) electrons. The number of fused-ring (bicyclic) bond motifs is 5. The van der Waals surface area contributed by atoms with Gasteiger partial charge < -0.3 is 4.52 Å². The fourth-order valence-electron chi connectivity index (χ4n) is 2.97. The summed E-state index contributed by atoms with van der Waals surface area (Å²) in [6.07, 6.45) is 0. The third-order valence-corrected chi connectivity index (χ3v) is 5.89. The Hall–Kier alpha value is -2.09. The summed E-state index contributed by atoms with van der Waals surface area (Å²) >= 11 is 0. The van der Waals surface area contributed by atoms with Crippen LogP contribution in [0.2, 0.25) is 0 Å². The summed E-state index contributed by atoms with van der Waals surface area (Å²) < 4.78 is 24.4. The number of hydrogen-bond donors (Lipinski definition) is 0. The van der Waals surface area contributed by atoms with E-state index in [4.69, 9.17) is 9.05 Å². The lowest BCUT2D eigenvalue weighted by Crippen LogP contribution is -2.19. The van der Waals surface area contributed by atoms with Gasteiger partial charge in [0.1, 0.15) is 5.75 Å². The van der Waals surface area contributed by atoms with Crippen LogP contribution in [0.3, 0.4) is 0 Å². The molecule has 0 amide bonds. The Bertz CT molecular complexity index is 917. The fraction of sp³-hybridized carbons (Fsp3) is 0.111. The van der Waals surface area contributed by atoms with Crippen LogP contribution in [0.15, 0.2) is 60.7 Å². The van der Waals surface area contributed by atoms with E-state index in [0.717, 1.165) is 21.9 Å². The Morgan fingerprint density at radius 3 is 2.64 bits per heavy atom. The summed E-state index contributed by atoms with van der Waals surface area (Å²) in [6.45, 7) is 2.16. The standard InChI is InChI=1S/C18H15O3P/c1-2-20-22(19)17-10-6-5-9-15(17)18-14-8-4-3-7-13(14)11-12-16(18)21-22/h3-12H,2H2,1H3. The molecule has 4 rings (SSSR count). The summed E-state index contributed by atoms with van der Waals surface area (Å²) in [5.41, 5.74) is 1.91. The van der Waals surface area contributed by atoms with E-state index >= 15 is 0 Å². The quantitative estimate of drug-likeness (QED) is 0.641. The molecule has 0 saturated carbocycles. The van der Waals surface area contributed by atoms with E-state index in [-0.39, 0.29) is 0 Å². The van der Waals surface area contributed by atoms with Crippen molar-refractivity contribution >= 4 is 23.7 Å². The van der Waals surface area contributed by atoms with Crippen molar-refractivity contribution in [2.75, 3.05) is 6.61 Å². The third-order valence-electron chi connectivity index (χ3n) is 3.88. The Morgan fingerprint density at radius 2 is 1.77 bits per heavy atom. The second kappa shape index (κ2) is 4.98. The molecule has 1 heterocycles. The van der Waals surface area contributed by atoms with E-state index in [9.17, 15) is 4.57 Å². The maximum atomic E-state index is 13.1. The first-order valence-electron chi connectivity index (χ1n) is 7.29. The van der Waals surface area contributed by atoms with Crippen molar-refractivity contribution in [2.24, 2.45) is 0 Å². The Labute approximate surface area is 129 Å². The van der Waals surface area contributed by atoms with Gasteiger partial charge in [0, 0.05) is 11.1 Å². The lowest BCUT2D eigenvalue weighted by atomic mass is 9.97. The van der Waals surface area contributed by atoms with Crippen molar-refractivity contribution in [1.29, 1.82) is 0 Å². The van der Waals surface area contributed by atoms with Gasteiger partial charge in [0.25, 0.3) is 0 Å². The molecule has 0 saturated heterocycles. The minimum Gasteiger partial charge on any atom is -0.421 e. The van der Waals surface area contributed by atoms with Crippen LogP contribution < -0.4 is 9.83 Å². The molecule has 3 aromatic carbocycles. The predicted molar refractivity (Wildman–Crippen MR) is 88.9 cm³/mol. The van der Waals surface area contributed by atoms with Gasteiger partial charge in [0.05, 0.1) is 11.9 Å². The van der Waals surface area contributed by atoms with Gasteiger partial charge >= 0.3 is 7.60 Å². The predicted octanol–water partition coefficient (Wildman–Crippen LogP) is 4.75. The minimum atomic E-state index is -3.31. The molecule has 1 aliphatic heterocycles. The van der Waals surface area contributed by atoms with E-state index in [1.807, 2.05) is 55.5 Å². The molecule has 1 atom stereocenters. The first kappa shape index (κ1) is 13.6. The first-order chi connectivity index (χ1) is 10.7. The van der Waals surface area contributed by atoms with Crippen LogP contribution in [-0.4, -0.2) is 6.61 Å². The van der Waals surface area contributed by atoms with Crippen molar-refractivity contribution in [3.8, 4) is 16.9 Å². The zero-order valence-corrected chi connectivity index (χ0v) is 13.0. The largest absolute Gasteiger partial charge is 0.421 e. The van der Waals surface area contributed by atoms with Gasteiger partial charge in [-0.05, 0) is 29.8 Å². The Morgan fingerprint density at radius 1 is 1.00 bits per heavy atom. The molecule has 3 aromatic rings. The molecule has 22 heavy (non-hydrogen) atoms. The average Bonchev–Trinajstić information content (AvgIpc) is 2.55. The summed E-state index contributed by atoms with van der Waals surface area (Å²) in [4.78, 5) is 0. The maximum absolute atomic E-state index is 13.1. The van der Waals surface area contributed by atoms with Gasteiger partial charge in [0.2, 0.25) is 0 Å². The fourth-order valence-corrected chi connectivity index (χ4v) is 4.76. The minimum absolute atomic E-state index is 0.342. The van der Waals surface area contributed by atoms with Crippen LogP contribution in [0.25, 0.3) is 21.9 Å². The van der Waals surface area contributed by atoms with Crippen LogP contribution in [0, 0.1) is 0 Å².